The van der Waals surface area contributed by atoms with Crippen molar-refractivity contribution in [2.75, 3.05) is 0 Å². The van der Waals surface area contributed by atoms with E-state index in [4.69, 9.17) is 15.1 Å². The lowest BCUT2D eigenvalue weighted by molar-refractivity contribution is -0.249. The zero-order valence-electron chi connectivity index (χ0n) is 21.3. The number of halogens is 4. The summed E-state index contributed by atoms with van der Waals surface area (Å²) in [6.45, 7) is 0. The van der Waals surface area contributed by atoms with Crippen molar-refractivity contribution in [1.82, 2.24) is 0 Å². The van der Waals surface area contributed by atoms with Gasteiger partial charge in [0, 0.05) is 27.8 Å². The van der Waals surface area contributed by atoms with Crippen molar-refractivity contribution < 1.29 is 42.9 Å². The number of alkyl halides is 4. The third-order valence-electron chi connectivity index (χ3n) is 3.27. The zero-order valence-corrected chi connectivity index (χ0v) is 10.3. The molecule has 20 heavy (non-hydrogen) atoms. The molecule has 0 aliphatic heterocycles. The highest BCUT2D eigenvalue weighted by molar-refractivity contribution is 5.07. The summed E-state index contributed by atoms with van der Waals surface area (Å²) >= 11 is 0. The monoisotopic (exact) mass is 309 g/mol. The minimum atomic E-state index is -6.33. The molecule has 0 spiro atoms. The fourth-order valence-electron chi connectivity index (χ4n) is 2.05. The van der Waals surface area contributed by atoms with Crippen LogP contribution in [0, 0.1) is 0 Å². The highest BCUT2D eigenvalue weighted by Gasteiger charge is 2.64. The van der Waals surface area contributed by atoms with Gasteiger partial charge in [0.05, 0.1) is 11.2 Å². The molecule has 2 fully saturated rings. The molecule has 0 bridgehead atoms. The minimum Gasteiger partial charge on any atom is -0.387 e. The second kappa shape index (κ2) is 5.13. The van der Waals surface area contributed by atoms with Crippen LogP contribution in [0.2, 0.25) is 0 Å². The SMILES string of the molecule is [2H]C1CCCCC(O)(C2(O)C([2H])([2H])C([2H])([2H])C([2H])([2H])C(F)(F)C(F)(F)C2([2H])[2H])C1([2H])[2H]. The van der Waals surface area contributed by atoms with E-state index in [1.807, 2.05) is 0 Å². The molecule has 2 aliphatic carbocycles. The van der Waals surface area contributed by atoms with Crippen LogP contribution >= 0.6 is 0 Å². The quantitative estimate of drug-likeness (QED) is 0.573. The van der Waals surface area contributed by atoms with Crippen molar-refractivity contribution in [3.05, 3.63) is 0 Å². The minimum absolute atomic E-state index is 0.0572. The molecule has 2 saturated carbocycles. The Labute approximate surface area is 131 Å². The Morgan fingerprint density at radius 1 is 0.800 bits per heavy atom. The van der Waals surface area contributed by atoms with Gasteiger partial charge in [-0.2, -0.15) is 17.6 Å². The highest BCUT2D eigenvalue weighted by atomic mass is 19.3. The van der Waals surface area contributed by atoms with Crippen LogP contribution in [0.25, 0.3) is 0 Å². The second-order valence-electron chi connectivity index (χ2n) is 4.81. The van der Waals surface area contributed by atoms with Gasteiger partial charge in [0.25, 0.3) is 0 Å². The van der Waals surface area contributed by atoms with Gasteiger partial charge in [-0.25, -0.2) is 0 Å². The van der Waals surface area contributed by atoms with Crippen LogP contribution in [-0.4, -0.2) is 33.3 Å². The molecule has 2 nitrogen and oxygen atoms in total. The third-order valence-corrected chi connectivity index (χ3v) is 3.27. The number of hydrogen-bond acceptors (Lipinski definition) is 2. The average molecular weight is 309 g/mol. The van der Waals surface area contributed by atoms with E-state index in [1.165, 1.54) is 0 Å². The molecule has 3 atom stereocenters. The summed E-state index contributed by atoms with van der Waals surface area (Å²) in [5.41, 5.74) is -9.00. The van der Waals surface area contributed by atoms with Crippen molar-refractivity contribution in [3.8, 4) is 0 Å². The Hall–Kier alpha value is -0.360. The van der Waals surface area contributed by atoms with E-state index in [2.05, 4.69) is 0 Å². The summed E-state index contributed by atoms with van der Waals surface area (Å²) in [6, 6.07) is 0. The maximum Gasteiger partial charge on any atom is 0.313 e. The fourth-order valence-corrected chi connectivity index (χ4v) is 2.05. The van der Waals surface area contributed by atoms with Gasteiger partial charge in [-0.05, 0) is 25.5 Å². The Balaban J connectivity index is 3.12. The molecule has 0 radical (unpaired) electrons. The molecule has 0 amide bonds. The lowest BCUT2D eigenvalue weighted by Gasteiger charge is -2.44. The summed E-state index contributed by atoms with van der Waals surface area (Å²) in [4.78, 5) is 0. The first kappa shape index (κ1) is 6.82. The van der Waals surface area contributed by atoms with Gasteiger partial charge in [0.15, 0.2) is 0 Å². The topological polar surface area (TPSA) is 40.5 Å². The number of hydrogen-bond donors (Lipinski definition) is 2. The van der Waals surface area contributed by atoms with Gasteiger partial charge >= 0.3 is 11.8 Å². The molecule has 0 heterocycles. The van der Waals surface area contributed by atoms with Gasteiger partial charge in [-0.3, -0.25) is 0 Å². The summed E-state index contributed by atoms with van der Waals surface area (Å²) in [5, 5.41) is 22.3. The zero-order chi connectivity index (χ0) is 24.9. The Kier molecular flexibility index (Phi) is 1.75. The standard InChI is InChI=1S/C14H22F4O2/c15-13(16)9-5-8-12(20,10-14(13,17)18)11(19)6-3-1-2-4-7-11/h19-20H,1-10H2/i3D,5D2,6D2,8D2,9D2,10D2. The van der Waals surface area contributed by atoms with Crippen molar-refractivity contribution in [1.29, 1.82) is 0 Å². The van der Waals surface area contributed by atoms with Crippen molar-refractivity contribution in [2.24, 2.45) is 0 Å². The molecule has 0 aromatic heterocycles. The summed E-state index contributed by atoms with van der Waals surface area (Å²) in [6.07, 6.45) is -27.6. The molecular formula is C14H22F4O2. The van der Waals surface area contributed by atoms with E-state index in [-0.39, 0.29) is 19.3 Å². The van der Waals surface area contributed by atoms with Gasteiger partial charge in [0.2, 0.25) is 0 Å². The van der Waals surface area contributed by atoms with Crippen LogP contribution in [0.1, 0.15) is 79.0 Å². The first-order chi connectivity index (χ1) is 13.4. The Bertz CT molecular complexity index is 708. The molecular weight excluding hydrogens is 276 g/mol. The summed E-state index contributed by atoms with van der Waals surface area (Å²) in [7, 11) is 0. The van der Waals surface area contributed by atoms with Crippen molar-refractivity contribution >= 4 is 0 Å². The summed E-state index contributed by atoms with van der Waals surface area (Å²) in [5.74, 6) is -12.6. The molecule has 0 aromatic carbocycles. The lowest BCUT2D eigenvalue weighted by atomic mass is 9.72. The number of aliphatic hydroxyl groups is 2. The smallest absolute Gasteiger partial charge is 0.313 e. The molecule has 0 saturated heterocycles. The first-order valence-corrected chi connectivity index (χ1v) is 6.00. The van der Waals surface area contributed by atoms with E-state index in [9.17, 15) is 27.8 Å². The van der Waals surface area contributed by atoms with E-state index in [0.717, 1.165) is 0 Å². The molecule has 2 rings (SSSR count). The second-order valence-corrected chi connectivity index (χ2v) is 4.81. The largest absolute Gasteiger partial charge is 0.387 e. The van der Waals surface area contributed by atoms with Crippen LogP contribution in [-0.2, 0) is 0 Å². The molecule has 0 aromatic rings. The molecule has 118 valence electrons. The Morgan fingerprint density at radius 2 is 1.50 bits per heavy atom. The maximum absolute atomic E-state index is 14.9. The van der Waals surface area contributed by atoms with Crippen LogP contribution in [0.15, 0.2) is 0 Å². The highest BCUT2D eigenvalue weighted by Crippen LogP contribution is 2.52. The first-order valence-electron chi connectivity index (χ1n) is 11.6. The molecule has 3 unspecified atom stereocenters. The predicted molar refractivity (Wildman–Crippen MR) is 66.0 cm³/mol. The van der Waals surface area contributed by atoms with Gasteiger partial charge in [0.1, 0.15) is 0 Å². The van der Waals surface area contributed by atoms with Gasteiger partial charge in [-0.1, -0.05) is 25.7 Å². The number of rotatable bonds is 1. The van der Waals surface area contributed by atoms with Crippen LogP contribution in [0.4, 0.5) is 17.6 Å². The van der Waals surface area contributed by atoms with E-state index < -0.39 is 67.7 Å². The maximum atomic E-state index is 14.9. The van der Waals surface area contributed by atoms with E-state index in [1.54, 1.807) is 0 Å². The normalized spacial score (nSPS) is 66.1. The van der Waals surface area contributed by atoms with Crippen LogP contribution < -0.4 is 0 Å². The van der Waals surface area contributed by atoms with Crippen molar-refractivity contribution in [3.63, 3.8) is 0 Å². The molecule has 2 aliphatic rings. The molecule has 6 heteroatoms. The van der Waals surface area contributed by atoms with E-state index >= 15 is 0 Å². The lowest BCUT2D eigenvalue weighted by Crippen LogP contribution is -2.57. The molecule has 2 N–H and O–H groups in total. The van der Waals surface area contributed by atoms with Crippen LogP contribution in [0.3, 0.4) is 0 Å². The average Bonchev–Trinajstić information content (AvgIpc) is 2.71. The summed E-state index contributed by atoms with van der Waals surface area (Å²) < 4.78 is 144. The fraction of sp³-hybridized carbons (Fsp3) is 1.00. The van der Waals surface area contributed by atoms with Crippen molar-refractivity contribution in [2.45, 2.75) is 87.0 Å². The van der Waals surface area contributed by atoms with Gasteiger partial charge in [-0.15, -0.1) is 0 Å². The van der Waals surface area contributed by atoms with Gasteiger partial charge < -0.3 is 10.2 Å². The predicted octanol–water partition coefficient (Wildman–Crippen LogP) is 3.65. The van der Waals surface area contributed by atoms with Crippen LogP contribution in [0.5, 0.6) is 0 Å². The third kappa shape index (κ3) is 2.69. The van der Waals surface area contributed by atoms with E-state index in [0.29, 0.717) is 0 Å². The Morgan fingerprint density at radius 3 is 2.20 bits per heavy atom.